The number of fused-ring (bicyclic) bond motifs is 5. The van der Waals surface area contributed by atoms with Gasteiger partial charge in [-0.05, 0) is 49.7 Å². The van der Waals surface area contributed by atoms with E-state index in [1.807, 2.05) is 6.07 Å². The molecule has 8 aromatic rings. The number of rotatable bonds is 10. The number of benzene rings is 6. The summed E-state index contributed by atoms with van der Waals surface area (Å²) in [5.74, 6) is 0. The summed E-state index contributed by atoms with van der Waals surface area (Å²) in [6.45, 7) is 8.99. The van der Waals surface area contributed by atoms with E-state index in [1.165, 1.54) is 126 Å². The first-order valence-electron chi connectivity index (χ1n) is 20.9. The molecule has 58 heavy (non-hydrogen) atoms. The summed E-state index contributed by atoms with van der Waals surface area (Å²) in [7, 11) is 10.7. The van der Waals surface area contributed by atoms with Crippen molar-refractivity contribution in [3.05, 3.63) is 180 Å². The molecule has 0 saturated carbocycles. The van der Waals surface area contributed by atoms with Crippen molar-refractivity contribution < 1.29 is 20.8 Å². The number of hydrogen-bond acceptors (Lipinski definition) is 0. The van der Waals surface area contributed by atoms with E-state index in [1.54, 1.807) is 0 Å². The molecular weight excluding hydrogens is 839 g/mol. The summed E-state index contributed by atoms with van der Waals surface area (Å²) < 4.78 is 0. The van der Waals surface area contributed by atoms with Crippen LogP contribution in [0, 0.1) is 6.07 Å². The normalized spacial score (nSPS) is 11.1. The van der Waals surface area contributed by atoms with Crippen LogP contribution in [0.15, 0.2) is 152 Å². The molecule has 1 heterocycles. The molecule has 0 fully saturated rings. The molecular formula is C54H53Cl2SiZr-3. The molecule has 8 aromatic carbocycles. The molecule has 9 rings (SSSR count). The van der Waals surface area contributed by atoms with Crippen molar-refractivity contribution >= 4 is 58.5 Å². The molecule has 0 saturated heterocycles. The molecule has 0 aliphatic carbocycles. The standard InChI is InChI=1S/2C21H23.C12H7Si.2ClH.Zr/c2*1-3-5-9-18-12-13-19-14-16(4-2)15-20(19)21(18)17-10-7-6-8-11-17;1-3-7-11-9(5-1)10-6-2-4-8-12(10)13-11;;;/h2*6-8,10-15H,3-5,9H2,1-2H3;1-7H;2*1H;/q3*-1;;;+2/p-2. The molecule has 0 nitrogen and oxygen atoms in total. The van der Waals surface area contributed by atoms with Gasteiger partial charge in [0, 0.05) is 0 Å². The topological polar surface area (TPSA) is 0 Å². The van der Waals surface area contributed by atoms with Crippen molar-refractivity contribution in [2.24, 2.45) is 0 Å². The average Bonchev–Trinajstić information content (AvgIpc) is 4.01. The average molecular weight is 892 g/mol. The number of hydrogen-bond donors (Lipinski definition) is 0. The maximum Gasteiger partial charge on any atom is 0.0920 e. The van der Waals surface area contributed by atoms with E-state index >= 15 is 0 Å². The summed E-state index contributed by atoms with van der Waals surface area (Å²) in [5.41, 5.74) is 14.2. The molecule has 0 unspecified atom stereocenters. The fourth-order valence-electron chi connectivity index (χ4n) is 7.96. The Morgan fingerprint density at radius 1 is 0.552 bits per heavy atom. The van der Waals surface area contributed by atoms with Gasteiger partial charge >= 0.3 is 37.9 Å². The minimum atomic E-state index is -0.826. The summed E-state index contributed by atoms with van der Waals surface area (Å²) in [5, 5.41) is 8.43. The van der Waals surface area contributed by atoms with Crippen molar-refractivity contribution in [3.8, 4) is 33.4 Å². The van der Waals surface area contributed by atoms with Crippen LogP contribution in [-0.2, 0) is 46.5 Å². The third kappa shape index (κ3) is 10.9. The Morgan fingerprint density at radius 2 is 1.02 bits per heavy atom. The van der Waals surface area contributed by atoms with Crippen LogP contribution >= 0.6 is 17.0 Å². The van der Waals surface area contributed by atoms with Crippen LogP contribution in [0.2, 0.25) is 0 Å². The SMILES string of the molecule is CCCCc1ccc2[cH-]c(CC)cc2c1-c1ccccc1.CCCCc1ccc2[cH-]c(CC)cc2c1-c1ccccc1.[Cl][Zr][Cl].[c-]1cccc2c1[Si]c1ccccc1-2. The monoisotopic (exact) mass is 889 g/mol. The Balaban J connectivity index is 0.000000145. The van der Waals surface area contributed by atoms with Gasteiger partial charge in [-0.2, -0.15) is 41.6 Å². The van der Waals surface area contributed by atoms with Gasteiger partial charge in [0.25, 0.3) is 0 Å². The minimum absolute atomic E-state index is 0.795. The second-order valence-corrected chi connectivity index (χ2v) is 19.8. The molecule has 1 aliphatic heterocycles. The molecule has 0 atom stereocenters. The van der Waals surface area contributed by atoms with Gasteiger partial charge in [0.2, 0.25) is 0 Å². The van der Waals surface area contributed by atoms with Crippen molar-refractivity contribution in [2.45, 2.75) is 79.1 Å². The zero-order valence-corrected chi connectivity index (χ0v) is 39.3. The van der Waals surface area contributed by atoms with Gasteiger partial charge in [0.15, 0.2) is 0 Å². The van der Waals surface area contributed by atoms with Gasteiger partial charge in [0.05, 0.1) is 9.52 Å². The van der Waals surface area contributed by atoms with Crippen molar-refractivity contribution in [3.63, 3.8) is 0 Å². The van der Waals surface area contributed by atoms with Gasteiger partial charge in [-0.1, -0.05) is 158 Å². The van der Waals surface area contributed by atoms with E-state index in [4.69, 9.17) is 17.0 Å². The molecule has 0 aromatic heterocycles. The quantitative estimate of drug-likeness (QED) is 0.0948. The molecule has 0 bridgehead atoms. The van der Waals surface area contributed by atoms with E-state index in [9.17, 15) is 0 Å². The second-order valence-electron chi connectivity index (χ2n) is 14.8. The van der Waals surface area contributed by atoms with E-state index in [2.05, 4.69) is 179 Å². The summed E-state index contributed by atoms with van der Waals surface area (Å²) in [4.78, 5) is 0. The van der Waals surface area contributed by atoms with Gasteiger partial charge in [0.1, 0.15) is 0 Å². The molecule has 0 spiro atoms. The van der Waals surface area contributed by atoms with Crippen LogP contribution < -0.4 is 10.4 Å². The Morgan fingerprint density at radius 3 is 1.50 bits per heavy atom. The molecule has 0 amide bonds. The van der Waals surface area contributed by atoms with Crippen LogP contribution in [-0.4, -0.2) is 9.52 Å². The van der Waals surface area contributed by atoms with Crippen LogP contribution in [0.3, 0.4) is 0 Å². The Bertz CT molecular complexity index is 2300. The minimum Gasteiger partial charge on any atom is -0.184 e. The predicted octanol–water partition coefficient (Wildman–Crippen LogP) is 14.8. The van der Waals surface area contributed by atoms with E-state index < -0.39 is 20.8 Å². The smallest absolute Gasteiger partial charge is 0.0920 e. The molecule has 0 N–H and O–H groups in total. The number of halogens is 2. The fraction of sp³-hybridized carbons (Fsp3) is 0.222. The summed E-state index contributed by atoms with van der Waals surface area (Å²) in [6.07, 6.45) is 9.55. The largest absolute Gasteiger partial charge is 0.184 e. The zero-order valence-electron chi connectivity index (χ0n) is 34.3. The van der Waals surface area contributed by atoms with E-state index in [-0.39, 0.29) is 0 Å². The third-order valence-electron chi connectivity index (χ3n) is 10.9. The van der Waals surface area contributed by atoms with E-state index in [0.717, 1.165) is 22.4 Å². The summed E-state index contributed by atoms with van der Waals surface area (Å²) in [6, 6.07) is 58.6. The molecule has 2 radical (unpaired) electrons. The van der Waals surface area contributed by atoms with Crippen LogP contribution in [0.1, 0.15) is 75.6 Å². The Labute approximate surface area is 368 Å². The third-order valence-corrected chi connectivity index (χ3v) is 12.3. The Hall–Kier alpha value is -3.78. The predicted molar refractivity (Wildman–Crippen MR) is 253 cm³/mol. The number of aryl methyl sites for hydroxylation is 4. The van der Waals surface area contributed by atoms with Crippen LogP contribution in [0.5, 0.6) is 0 Å². The van der Waals surface area contributed by atoms with Gasteiger partial charge in [-0.3, -0.25) is 0 Å². The van der Waals surface area contributed by atoms with Crippen molar-refractivity contribution in [2.75, 3.05) is 0 Å². The molecule has 1 aliphatic rings. The first-order valence-corrected chi connectivity index (χ1v) is 28.2. The first kappa shape index (κ1) is 43.8. The van der Waals surface area contributed by atoms with Gasteiger partial charge in [-0.15, -0.1) is 74.6 Å². The maximum atomic E-state index is 4.93. The van der Waals surface area contributed by atoms with Gasteiger partial charge < -0.3 is 0 Å². The fourth-order valence-corrected chi connectivity index (χ4v) is 9.26. The number of unbranched alkanes of at least 4 members (excludes halogenated alkanes) is 2. The Kier molecular flexibility index (Phi) is 17.0. The van der Waals surface area contributed by atoms with Crippen molar-refractivity contribution in [1.29, 1.82) is 0 Å². The van der Waals surface area contributed by atoms with Gasteiger partial charge in [-0.25, -0.2) is 0 Å². The summed E-state index contributed by atoms with van der Waals surface area (Å²) >= 11 is -0.826. The van der Waals surface area contributed by atoms with Crippen LogP contribution in [0.25, 0.3) is 54.9 Å². The second kappa shape index (κ2) is 22.6. The molecule has 4 heteroatoms. The maximum absolute atomic E-state index is 4.93. The van der Waals surface area contributed by atoms with Crippen molar-refractivity contribution in [1.82, 2.24) is 0 Å². The van der Waals surface area contributed by atoms with E-state index in [0.29, 0.717) is 0 Å². The zero-order chi connectivity index (χ0) is 40.7. The first-order chi connectivity index (χ1) is 28.5. The van der Waals surface area contributed by atoms with Crippen LogP contribution in [0.4, 0.5) is 0 Å². The molecule has 294 valence electrons.